The highest BCUT2D eigenvalue weighted by molar-refractivity contribution is 9.10. The summed E-state index contributed by atoms with van der Waals surface area (Å²) >= 11 is 4.95. The predicted octanol–water partition coefficient (Wildman–Crippen LogP) is 3.13. The van der Waals surface area contributed by atoms with Crippen molar-refractivity contribution >= 4 is 45.6 Å². The second-order valence-corrected chi connectivity index (χ2v) is 7.10. The number of carbonyl (C=O) groups excluding carboxylic acids is 1. The summed E-state index contributed by atoms with van der Waals surface area (Å²) < 4.78 is 0.914. The lowest BCUT2D eigenvalue weighted by molar-refractivity contribution is 0.0787. The van der Waals surface area contributed by atoms with Crippen LogP contribution in [-0.2, 0) is 0 Å². The van der Waals surface area contributed by atoms with E-state index < -0.39 is 0 Å². The fourth-order valence-corrected chi connectivity index (χ4v) is 4.78. The molecule has 1 aromatic rings. The molecule has 2 N–H and O–H groups in total. The van der Waals surface area contributed by atoms with Gasteiger partial charge in [0.1, 0.15) is 4.88 Å². The molecule has 2 heterocycles. The number of nitrogens with two attached hydrogens (primary N) is 1. The number of likely N-dealkylation sites (tertiary alicyclic amines) is 1. The molecule has 1 saturated heterocycles. The van der Waals surface area contributed by atoms with Crippen molar-refractivity contribution in [3.8, 4) is 0 Å². The van der Waals surface area contributed by atoms with Crippen LogP contribution >= 0.6 is 39.7 Å². The van der Waals surface area contributed by atoms with E-state index in [2.05, 4.69) is 15.9 Å². The molecule has 2 fully saturated rings. The highest BCUT2D eigenvalue weighted by Gasteiger charge is 2.40. The molecule has 1 saturated carbocycles. The van der Waals surface area contributed by atoms with Gasteiger partial charge >= 0.3 is 0 Å². The van der Waals surface area contributed by atoms with Crippen LogP contribution in [0.2, 0.25) is 0 Å². The van der Waals surface area contributed by atoms with Crippen LogP contribution in [0, 0.1) is 11.8 Å². The summed E-state index contributed by atoms with van der Waals surface area (Å²) in [4.78, 5) is 15.3. The molecule has 0 aromatic carbocycles. The van der Waals surface area contributed by atoms with E-state index in [4.69, 9.17) is 5.73 Å². The first-order valence-electron chi connectivity index (χ1n) is 6.44. The number of hydrogen-bond donors (Lipinski definition) is 1. The van der Waals surface area contributed by atoms with Gasteiger partial charge in [0.15, 0.2) is 0 Å². The van der Waals surface area contributed by atoms with Crippen molar-refractivity contribution in [1.82, 2.24) is 4.90 Å². The molecule has 1 aliphatic heterocycles. The molecule has 3 nitrogen and oxygen atoms in total. The summed E-state index contributed by atoms with van der Waals surface area (Å²) in [6, 6.07) is 2.22. The highest BCUT2D eigenvalue weighted by Crippen LogP contribution is 2.37. The van der Waals surface area contributed by atoms with E-state index in [1.54, 1.807) is 0 Å². The van der Waals surface area contributed by atoms with Crippen LogP contribution in [0.1, 0.15) is 28.9 Å². The number of halogens is 2. The van der Waals surface area contributed by atoms with E-state index in [-0.39, 0.29) is 24.4 Å². The quantitative estimate of drug-likeness (QED) is 0.831. The Morgan fingerprint density at radius 1 is 1.42 bits per heavy atom. The lowest BCUT2D eigenvalue weighted by atomic mass is 9.78. The van der Waals surface area contributed by atoms with Gasteiger partial charge in [-0.15, -0.1) is 23.7 Å². The average molecular weight is 366 g/mol. The standard InChI is InChI=1S/C13H17BrN2OS.ClH/c14-10-4-5-18-12(10)13(17)16-6-8-2-1-3-11(15)9(8)7-16;/h4-5,8-9,11H,1-3,6-7,15H2;1H. The van der Waals surface area contributed by atoms with Crippen molar-refractivity contribution in [2.75, 3.05) is 13.1 Å². The topological polar surface area (TPSA) is 46.3 Å². The molecule has 19 heavy (non-hydrogen) atoms. The van der Waals surface area contributed by atoms with Gasteiger partial charge in [-0.2, -0.15) is 0 Å². The maximum Gasteiger partial charge on any atom is 0.265 e. The number of amides is 1. The van der Waals surface area contributed by atoms with Crippen molar-refractivity contribution in [3.05, 3.63) is 20.8 Å². The number of carbonyl (C=O) groups is 1. The Kier molecular flexibility index (Phi) is 4.93. The molecule has 3 unspecified atom stereocenters. The molecule has 0 bridgehead atoms. The van der Waals surface area contributed by atoms with Crippen molar-refractivity contribution in [3.63, 3.8) is 0 Å². The van der Waals surface area contributed by atoms with E-state index in [0.29, 0.717) is 11.8 Å². The maximum atomic E-state index is 12.4. The molecular weight excluding hydrogens is 348 g/mol. The Balaban J connectivity index is 0.00000133. The lowest BCUT2D eigenvalue weighted by Crippen LogP contribution is -2.38. The Labute approximate surface area is 132 Å². The van der Waals surface area contributed by atoms with Gasteiger partial charge in [0.2, 0.25) is 0 Å². The number of nitrogens with zero attached hydrogens (tertiary/aromatic N) is 1. The Bertz CT molecular complexity index is 467. The largest absolute Gasteiger partial charge is 0.337 e. The fourth-order valence-electron chi connectivity index (χ4n) is 3.27. The third-order valence-corrected chi connectivity index (χ3v) is 6.08. The average Bonchev–Trinajstić information content (AvgIpc) is 2.95. The van der Waals surface area contributed by atoms with Crippen LogP contribution in [0.3, 0.4) is 0 Å². The predicted molar refractivity (Wildman–Crippen MR) is 84.0 cm³/mol. The van der Waals surface area contributed by atoms with Gasteiger partial charge in [0.25, 0.3) is 5.91 Å². The summed E-state index contributed by atoms with van der Waals surface area (Å²) in [7, 11) is 0. The first kappa shape index (κ1) is 15.3. The molecule has 0 radical (unpaired) electrons. The van der Waals surface area contributed by atoms with Gasteiger partial charge < -0.3 is 10.6 Å². The van der Waals surface area contributed by atoms with Crippen LogP contribution in [-0.4, -0.2) is 29.9 Å². The van der Waals surface area contributed by atoms with E-state index in [9.17, 15) is 4.79 Å². The van der Waals surface area contributed by atoms with Crippen LogP contribution in [0.15, 0.2) is 15.9 Å². The van der Waals surface area contributed by atoms with E-state index in [1.165, 1.54) is 24.2 Å². The molecule has 0 spiro atoms. The first-order valence-corrected chi connectivity index (χ1v) is 8.12. The Morgan fingerprint density at radius 2 is 2.21 bits per heavy atom. The molecule has 3 atom stereocenters. The number of fused-ring (bicyclic) bond motifs is 1. The van der Waals surface area contributed by atoms with E-state index >= 15 is 0 Å². The Hall–Kier alpha value is -0.100. The minimum Gasteiger partial charge on any atom is -0.337 e. The fraction of sp³-hybridized carbons (Fsp3) is 0.615. The molecule has 3 rings (SSSR count). The van der Waals surface area contributed by atoms with Crippen molar-refractivity contribution in [1.29, 1.82) is 0 Å². The van der Waals surface area contributed by atoms with Crippen LogP contribution in [0.4, 0.5) is 0 Å². The normalized spacial score (nSPS) is 29.8. The third-order valence-electron chi connectivity index (χ3n) is 4.25. The van der Waals surface area contributed by atoms with Crippen LogP contribution in [0.5, 0.6) is 0 Å². The minimum absolute atomic E-state index is 0. The monoisotopic (exact) mass is 364 g/mol. The van der Waals surface area contributed by atoms with Gasteiger partial charge in [-0.05, 0) is 52.1 Å². The summed E-state index contributed by atoms with van der Waals surface area (Å²) in [5.74, 6) is 1.30. The maximum absolute atomic E-state index is 12.4. The van der Waals surface area contributed by atoms with Gasteiger partial charge in [-0.25, -0.2) is 0 Å². The van der Waals surface area contributed by atoms with Crippen LogP contribution < -0.4 is 5.73 Å². The first-order chi connectivity index (χ1) is 8.66. The summed E-state index contributed by atoms with van der Waals surface area (Å²) in [5, 5.41) is 1.95. The van der Waals surface area contributed by atoms with Gasteiger partial charge in [0, 0.05) is 23.6 Å². The zero-order valence-corrected chi connectivity index (χ0v) is 13.8. The molecule has 2 aliphatic rings. The second kappa shape index (κ2) is 6.12. The van der Waals surface area contributed by atoms with Crippen molar-refractivity contribution < 1.29 is 4.79 Å². The van der Waals surface area contributed by atoms with Gasteiger partial charge in [-0.3, -0.25) is 4.79 Å². The summed E-state index contributed by atoms with van der Waals surface area (Å²) in [6.45, 7) is 1.73. The molecule has 1 aliphatic carbocycles. The molecule has 1 aromatic heterocycles. The minimum atomic E-state index is 0. The summed E-state index contributed by atoms with van der Waals surface area (Å²) in [6.07, 6.45) is 3.56. The van der Waals surface area contributed by atoms with Crippen molar-refractivity contribution in [2.45, 2.75) is 25.3 Å². The number of rotatable bonds is 1. The zero-order valence-electron chi connectivity index (χ0n) is 10.5. The highest BCUT2D eigenvalue weighted by atomic mass is 79.9. The third kappa shape index (κ3) is 2.84. The summed E-state index contributed by atoms with van der Waals surface area (Å²) in [5.41, 5.74) is 6.19. The van der Waals surface area contributed by atoms with Crippen molar-refractivity contribution in [2.24, 2.45) is 17.6 Å². The van der Waals surface area contributed by atoms with Gasteiger partial charge in [0.05, 0.1) is 0 Å². The van der Waals surface area contributed by atoms with Gasteiger partial charge in [-0.1, -0.05) is 6.42 Å². The molecule has 106 valence electrons. The second-order valence-electron chi connectivity index (χ2n) is 5.33. The molecular formula is C13H18BrClN2OS. The number of thiophene rings is 1. The molecule has 1 amide bonds. The van der Waals surface area contributed by atoms with E-state index in [0.717, 1.165) is 28.9 Å². The SMILES string of the molecule is Cl.NC1CCCC2CN(C(=O)c3sccc3Br)CC12. The smallest absolute Gasteiger partial charge is 0.265 e. The molecule has 6 heteroatoms. The Morgan fingerprint density at radius 3 is 2.84 bits per heavy atom. The van der Waals surface area contributed by atoms with Crippen LogP contribution in [0.25, 0.3) is 0 Å². The number of hydrogen-bond acceptors (Lipinski definition) is 3. The zero-order chi connectivity index (χ0) is 12.7. The van der Waals surface area contributed by atoms with E-state index in [1.807, 2.05) is 16.3 Å². The lowest BCUT2D eigenvalue weighted by Gasteiger charge is -2.29.